The zero-order chi connectivity index (χ0) is 13.7. The number of nitrogens with one attached hydrogen (secondary N) is 1. The van der Waals surface area contributed by atoms with Crippen LogP contribution in [-0.2, 0) is 11.2 Å². The van der Waals surface area contributed by atoms with Crippen LogP contribution >= 0.6 is 23.2 Å². The molecule has 98 valence electrons. The van der Waals surface area contributed by atoms with Crippen molar-refractivity contribution in [1.82, 2.24) is 9.97 Å². The molecule has 1 aromatic heterocycles. The number of hydrogen-bond donors (Lipinski definition) is 1. The van der Waals surface area contributed by atoms with Gasteiger partial charge in [-0.15, -0.1) is 0 Å². The van der Waals surface area contributed by atoms with Crippen LogP contribution in [0.4, 0.5) is 5.82 Å². The van der Waals surface area contributed by atoms with Crippen LogP contribution in [0, 0.1) is 0 Å². The fraction of sp³-hybridized carbons (Fsp3) is 0.154. The van der Waals surface area contributed by atoms with Crippen molar-refractivity contribution in [1.29, 1.82) is 0 Å². The molecule has 1 N–H and O–H groups in total. The van der Waals surface area contributed by atoms with E-state index in [1.54, 1.807) is 0 Å². The molecule has 0 aliphatic rings. The summed E-state index contributed by atoms with van der Waals surface area (Å²) >= 11 is 11.6. The number of carbonyl (C=O) groups is 1. The van der Waals surface area contributed by atoms with Crippen LogP contribution in [0.2, 0.25) is 10.2 Å². The molecule has 1 heterocycles. The Labute approximate surface area is 120 Å². The van der Waals surface area contributed by atoms with Gasteiger partial charge in [0.05, 0.1) is 0 Å². The molecule has 0 aliphatic heterocycles. The molecule has 1 aromatic carbocycles. The summed E-state index contributed by atoms with van der Waals surface area (Å²) in [6, 6.07) is 9.76. The average Bonchev–Trinajstić information content (AvgIpc) is 2.43. The summed E-state index contributed by atoms with van der Waals surface area (Å²) in [4.78, 5) is 19.4. The monoisotopic (exact) mass is 295 g/mol. The van der Waals surface area contributed by atoms with Crippen LogP contribution in [0.15, 0.2) is 36.7 Å². The minimum Gasteiger partial charge on any atom is -0.309 e. The van der Waals surface area contributed by atoms with Crippen molar-refractivity contribution in [3.05, 3.63) is 52.4 Å². The first kappa shape index (κ1) is 13.8. The topological polar surface area (TPSA) is 54.9 Å². The number of aromatic nitrogens is 2. The third kappa shape index (κ3) is 3.91. The third-order valence-electron chi connectivity index (χ3n) is 2.49. The lowest BCUT2D eigenvalue weighted by Crippen LogP contribution is -2.14. The van der Waals surface area contributed by atoms with Gasteiger partial charge in [-0.3, -0.25) is 4.79 Å². The SMILES string of the molecule is O=C(CCc1ccccc1)Nc1ncnc(Cl)c1Cl. The summed E-state index contributed by atoms with van der Waals surface area (Å²) < 4.78 is 0. The van der Waals surface area contributed by atoms with Crippen LogP contribution in [0.5, 0.6) is 0 Å². The minimum absolute atomic E-state index is 0.120. The van der Waals surface area contributed by atoms with Crippen LogP contribution in [0.1, 0.15) is 12.0 Å². The summed E-state index contributed by atoms with van der Waals surface area (Å²) in [5.41, 5.74) is 1.10. The van der Waals surface area contributed by atoms with Gasteiger partial charge in [0, 0.05) is 6.42 Å². The van der Waals surface area contributed by atoms with E-state index in [1.165, 1.54) is 6.33 Å². The van der Waals surface area contributed by atoms with Gasteiger partial charge < -0.3 is 5.32 Å². The van der Waals surface area contributed by atoms with E-state index in [2.05, 4.69) is 15.3 Å². The Hall–Kier alpha value is -1.65. The Kier molecular flexibility index (Phi) is 4.71. The van der Waals surface area contributed by atoms with E-state index in [0.717, 1.165) is 5.56 Å². The van der Waals surface area contributed by atoms with Gasteiger partial charge in [-0.05, 0) is 12.0 Å². The molecular formula is C13H11Cl2N3O. The molecule has 6 heteroatoms. The number of carbonyl (C=O) groups excluding carboxylic acids is 1. The summed E-state index contributed by atoms with van der Waals surface area (Å²) in [7, 11) is 0. The highest BCUT2D eigenvalue weighted by Gasteiger charge is 2.10. The number of anilines is 1. The van der Waals surface area contributed by atoms with Crippen molar-refractivity contribution in [3.8, 4) is 0 Å². The molecule has 0 fully saturated rings. The molecule has 0 radical (unpaired) electrons. The lowest BCUT2D eigenvalue weighted by molar-refractivity contribution is -0.116. The Morgan fingerprint density at radius 3 is 2.63 bits per heavy atom. The average molecular weight is 296 g/mol. The molecule has 2 aromatic rings. The first-order valence-electron chi connectivity index (χ1n) is 5.66. The normalized spacial score (nSPS) is 10.2. The lowest BCUT2D eigenvalue weighted by atomic mass is 10.1. The fourth-order valence-electron chi connectivity index (χ4n) is 1.53. The van der Waals surface area contributed by atoms with Crippen molar-refractivity contribution >= 4 is 34.9 Å². The van der Waals surface area contributed by atoms with Gasteiger partial charge in [0.15, 0.2) is 11.0 Å². The highest BCUT2D eigenvalue weighted by molar-refractivity contribution is 6.42. The van der Waals surface area contributed by atoms with Crippen LogP contribution in [0.25, 0.3) is 0 Å². The van der Waals surface area contributed by atoms with Gasteiger partial charge in [0.1, 0.15) is 11.3 Å². The predicted octanol–water partition coefficient (Wildman–Crippen LogP) is 3.35. The van der Waals surface area contributed by atoms with Crippen molar-refractivity contribution in [2.45, 2.75) is 12.8 Å². The molecule has 0 bridgehead atoms. The van der Waals surface area contributed by atoms with Gasteiger partial charge in [0.2, 0.25) is 5.91 Å². The second-order valence-corrected chi connectivity index (χ2v) is 4.60. The van der Waals surface area contributed by atoms with Crippen LogP contribution < -0.4 is 5.32 Å². The molecule has 2 rings (SSSR count). The van der Waals surface area contributed by atoms with Gasteiger partial charge in [0.25, 0.3) is 0 Å². The molecule has 0 unspecified atom stereocenters. The van der Waals surface area contributed by atoms with Crippen LogP contribution in [-0.4, -0.2) is 15.9 Å². The summed E-state index contributed by atoms with van der Waals surface area (Å²) in [6.45, 7) is 0. The quantitative estimate of drug-likeness (QED) is 0.880. The third-order valence-corrected chi connectivity index (χ3v) is 3.23. The second-order valence-electron chi connectivity index (χ2n) is 3.86. The van der Waals surface area contributed by atoms with E-state index in [0.29, 0.717) is 12.8 Å². The predicted molar refractivity (Wildman–Crippen MR) is 75.4 cm³/mol. The van der Waals surface area contributed by atoms with E-state index in [9.17, 15) is 4.79 Å². The standard InChI is InChI=1S/C13H11Cl2N3O/c14-11-12(15)16-8-17-13(11)18-10(19)7-6-9-4-2-1-3-5-9/h1-5,8H,6-7H2,(H,16,17,18,19). The zero-order valence-electron chi connectivity index (χ0n) is 9.94. The van der Waals surface area contributed by atoms with Gasteiger partial charge in [-0.2, -0.15) is 0 Å². The summed E-state index contributed by atoms with van der Waals surface area (Å²) in [6.07, 6.45) is 2.26. The van der Waals surface area contributed by atoms with Gasteiger partial charge >= 0.3 is 0 Å². The first-order valence-corrected chi connectivity index (χ1v) is 6.42. The van der Waals surface area contributed by atoms with Crippen molar-refractivity contribution in [2.24, 2.45) is 0 Å². The number of hydrogen-bond acceptors (Lipinski definition) is 3. The number of benzene rings is 1. The molecule has 0 aliphatic carbocycles. The van der Waals surface area contributed by atoms with E-state index in [-0.39, 0.29) is 21.9 Å². The molecule has 0 saturated carbocycles. The molecule has 1 amide bonds. The highest BCUT2D eigenvalue weighted by Crippen LogP contribution is 2.25. The van der Waals surface area contributed by atoms with Crippen LogP contribution in [0.3, 0.4) is 0 Å². The first-order chi connectivity index (χ1) is 9.16. The number of rotatable bonds is 4. The Morgan fingerprint density at radius 1 is 1.16 bits per heavy atom. The Morgan fingerprint density at radius 2 is 1.89 bits per heavy atom. The van der Waals surface area contributed by atoms with E-state index in [1.807, 2.05) is 30.3 Å². The summed E-state index contributed by atoms with van der Waals surface area (Å²) in [5, 5.41) is 2.89. The van der Waals surface area contributed by atoms with Crippen molar-refractivity contribution < 1.29 is 4.79 Å². The van der Waals surface area contributed by atoms with Crippen molar-refractivity contribution in [3.63, 3.8) is 0 Å². The van der Waals surface area contributed by atoms with Crippen molar-refractivity contribution in [2.75, 3.05) is 5.32 Å². The minimum atomic E-state index is -0.166. The number of aryl methyl sites for hydroxylation is 1. The second kappa shape index (κ2) is 6.50. The van der Waals surface area contributed by atoms with Gasteiger partial charge in [-0.1, -0.05) is 53.5 Å². The maximum atomic E-state index is 11.8. The molecule has 0 atom stereocenters. The lowest BCUT2D eigenvalue weighted by Gasteiger charge is -2.06. The molecule has 19 heavy (non-hydrogen) atoms. The maximum absolute atomic E-state index is 11.8. The number of amides is 1. The van der Waals surface area contributed by atoms with E-state index in [4.69, 9.17) is 23.2 Å². The van der Waals surface area contributed by atoms with E-state index < -0.39 is 0 Å². The molecule has 4 nitrogen and oxygen atoms in total. The molecular weight excluding hydrogens is 285 g/mol. The number of nitrogens with zero attached hydrogens (tertiary/aromatic N) is 2. The summed E-state index contributed by atoms with van der Waals surface area (Å²) in [5.74, 6) is 0.0697. The zero-order valence-corrected chi connectivity index (χ0v) is 11.4. The smallest absolute Gasteiger partial charge is 0.225 e. The molecule has 0 spiro atoms. The largest absolute Gasteiger partial charge is 0.309 e. The number of halogens is 2. The fourth-order valence-corrected chi connectivity index (χ4v) is 1.81. The highest BCUT2D eigenvalue weighted by atomic mass is 35.5. The van der Waals surface area contributed by atoms with E-state index >= 15 is 0 Å². The maximum Gasteiger partial charge on any atom is 0.225 e. The van der Waals surface area contributed by atoms with Gasteiger partial charge in [-0.25, -0.2) is 9.97 Å². The molecule has 0 saturated heterocycles. The Balaban J connectivity index is 1.93. The Bertz CT molecular complexity index is 575.